The van der Waals surface area contributed by atoms with E-state index >= 15 is 0 Å². The van der Waals surface area contributed by atoms with Gasteiger partial charge in [-0.25, -0.2) is 9.69 Å². The first kappa shape index (κ1) is 29.8. The first-order valence-corrected chi connectivity index (χ1v) is 13.4. The Labute approximate surface area is 231 Å². The van der Waals surface area contributed by atoms with Crippen LogP contribution in [0.15, 0.2) is 12.3 Å². The van der Waals surface area contributed by atoms with Crippen molar-refractivity contribution >= 4 is 23.9 Å². The molecule has 3 aliphatic rings. The number of halogens is 3. The second-order valence-electron chi connectivity index (χ2n) is 13.0. The number of pyridine rings is 1. The van der Waals surface area contributed by atoms with Gasteiger partial charge in [0, 0.05) is 44.4 Å². The molecular formula is C28H36F3N3O6. The summed E-state index contributed by atoms with van der Waals surface area (Å²) >= 11 is 0. The molecule has 9 nitrogen and oxygen atoms in total. The number of aromatic nitrogens is 1. The van der Waals surface area contributed by atoms with Gasteiger partial charge in [0.25, 0.3) is 0 Å². The molecule has 1 saturated heterocycles. The van der Waals surface area contributed by atoms with Crippen molar-refractivity contribution in [2.45, 2.75) is 91.1 Å². The van der Waals surface area contributed by atoms with Gasteiger partial charge in [-0.2, -0.15) is 13.2 Å². The van der Waals surface area contributed by atoms with Crippen molar-refractivity contribution in [1.29, 1.82) is 0 Å². The maximum atomic E-state index is 14.2. The molecule has 0 radical (unpaired) electrons. The second kappa shape index (κ2) is 10.0. The van der Waals surface area contributed by atoms with Crippen LogP contribution in [0.5, 0.6) is 0 Å². The number of nitrogens with zero attached hydrogens (tertiary/aromatic N) is 3. The molecule has 40 heavy (non-hydrogen) atoms. The van der Waals surface area contributed by atoms with Crippen molar-refractivity contribution in [3.8, 4) is 0 Å². The number of ether oxygens (including phenoxy) is 2. The number of amides is 3. The Kier molecular flexibility index (Phi) is 7.47. The van der Waals surface area contributed by atoms with Gasteiger partial charge in [0.1, 0.15) is 11.2 Å². The molecule has 1 saturated carbocycles. The Morgan fingerprint density at radius 1 is 1.07 bits per heavy atom. The molecule has 0 unspecified atom stereocenters. The van der Waals surface area contributed by atoms with Crippen LogP contribution in [-0.2, 0) is 43.0 Å². The van der Waals surface area contributed by atoms with E-state index in [9.17, 15) is 32.3 Å². The molecule has 220 valence electrons. The quantitative estimate of drug-likeness (QED) is 0.495. The molecule has 2 aliphatic heterocycles. The molecular weight excluding hydrogens is 531 g/mol. The lowest BCUT2D eigenvalue weighted by Gasteiger charge is -2.36. The zero-order chi connectivity index (χ0) is 29.8. The lowest BCUT2D eigenvalue weighted by molar-refractivity contribution is -0.156. The van der Waals surface area contributed by atoms with E-state index in [0.29, 0.717) is 11.3 Å². The van der Waals surface area contributed by atoms with Crippen LogP contribution >= 0.6 is 0 Å². The smallest absolute Gasteiger partial charge is 0.417 e. The summed E-state index contributed by atoms with van der Waals surface area (Å²) in [5.74, 6) is -2.64. The Morgan fingerprint density at radius 2 is 1.73 bits per heavy atom. The first-order valence-electron chi connectivity index (χ1n) is 13.4. The number of imide groups is 1. The van der Waals surface area contributed by atoms with Gasteiger partial charge in [0.05, 0.1) is 16.9 Å². The van der Waals surface area contributed by atoms with Gasteiger partial charge in [0.15, 0.2) is 0 Å². The molecule has 0 spiro atoms. The van der Waals surface area contributed by atoms with E-state index in [1.165, 1.54) is 4.90 Å². The number of likely N-dealkylation sites (tertiary alicyclic amines) is 1. The van der Waals surface area contributed by atoms with E-state index in [0.717, 1.165) is 17.2 Å². The highest BCUT2D eigenvalue weighted by Crippen LogP contribution is 2.54. The number of carbonyl (C=O) groups excluding carboxylic acids is 4. The summed E-state index contributed by atoms with van der Waals surface area (Å²) in [7, 11) is 0. The number of hydrogen-bond donors (Lipinski definition) is 0. The number of alkyl halides is 3. The van der Waals surface area contributed by atoms with Crippen LogP contribution in [0.3, 0.4) is 0 Å². The van der Waals surface area contributed by atoms with Crippen LogP contribution in [0.4, 0.5) is 18.0 Å². The number of esters is 1. The maximum Gasteiger partial charge on any atom is 0.417 e. The fourth-order valence-electron chi connectivity index (χ4n) is 5.98. The highest BCUT2D eigenvalue weighted by molar-refractivity contribution is 6.02. The minimum atomic E-state index is -4.58. The van der Waals surface area contributed by atoms with E-state index in [2.05, 4.69) is 4.98 Å². The summed E-state index contributed by atoms with van der Waals surface area (Å²) in [6, 6.07) is 1.00. The van der Waals surface area contributed by atoms with Crippen molar-refractivity contribution in [1.82, 2.24) is 14.8 Å². The largest absolute Gasteiger partial charge is 0.460 e. The molecule has 2 fully saturated rings. The molecule has 0 N–H and O–H groups in total. The van der Waals surface area contributed by atoms with Crippen LogP contribution < -0.4 is 0 Å². The lowest BCUT2D eigenvalue weighted by atomic mass is 9.78. The Morgan fingerprint density at radius 3 is 2.33 bits per heavy atom. The predicted molar refractivity (Wildman–Crippen MR) is 135 cm³/mol. The SMILES string of the molecule is CC(C)(C)OC(=O)C[C@@H]1C[C@H]2C(=O)N(C(=O)OC(C)(C)C)C[C@@]2(C(=O)N2CCc3ncc(C(F)(F)F)cc3C2)C1. The van der Waals surface area contributed by atoms with Crippen molar-refractivity contribution in [2.75, 3.05) is 13.1 Å². The first-order chi connectivity index (χ1) is 18.3. The molecule has 3 atom stereocenters. The predicted octanol–water partition coefficient (Wildman–Crippen LogP) is 4.51. The number of rotatable bonds is 3. The van der Waals surface area contributed by atoms with Gasteiger partial charge in [-0.3, -0.25) is 19.4 Å². The summed E-state index contributed by atoms with van der Waals surface area (Å²) in [5.41, 5.74) is -3.02. The van der Waals surface area contributed by atoms with Crippen molar-refractivity contribution in [3.05, 3.63) is 29.1 Å². The standard InChI is InChI=1S/C28H36F3N3O6/c1-25(2,3)39-21(35)10-16-9-19-22(36)34(24(38)40-26(4,5)6)15-27(19,12-16)23(37)33-8-7-20-17(14-33)11-18(13-32-20)28(29,30)31/h11,13,16,19H,7-10,12,14-15H2,1-6H3/t16-,19-,27-/m0/s1. The number of carbonyl (C=O) groups is 4. The highest BCUT2D eigenvalue weighted by atomic mass is 19.4. The molecule has 3 amide bonds. The molecule has 4 rings (SSSR count). The highest BCUT2D eigenvalue weighted by Gasteiger charge is 2.64. The molecule has 1 aromatic rings. The average molecular weight is 568 g/mol. The van der Waals surface area contributed by atoms with E-state index in [1.807, 2.05) is 0 Å². The van der Waals surface area contributed by atoms with E-state index in [-0.39, 0.29) is 51.2 Å². The maximum absolute atomic E-state index is 14.2. The van der Waals surface area contributed by atoms with Crippen LogP contribution in [-0.4, -0.2) is 63.0 Å². The Balaban J connectivity index is 1.62. The third kappa shape index (κ3) is 6.10. The summed E-state index contributed by atoms with van der Waals surface area (Å²) in [6.07, 6.45) is -4.03. The average Bonchev–Trinajstić information content (AvgIpc) is 3.29. The molecule has 1 aliphatic carbocycles. The normalized spacial score (nSPS) is 25.0. The zero-order valence-corrected chi connectivity index (χ0v) is 23.7. The van der Waals surface area contributed by atoms with Crippen molar-refractivity contribution in [3.63, 3.8) is 0 Å². The van der Waals surface area contributed by atoms with Crippen molar-refractivity contribution < 1.29 is 41.8 Å². The van der Waals surface area contributed by atoms with Gasteiger partial charge >= 0.3 is 18.2 Å². The van der Waals surface area contributed by atoms with Gasteiger partial charge in [-0.05, 0) is 71.9 Å². The van der Waals surface area contributed by atoms with Gasteiger partial charge in [-0.15, -0.1) is 0 Å². The van der Waals surface area contributed by atoms with Crippen molar-refractivity contribution in [2.24, 2.45) is 17.3 Å². The fourth-order valence-corrected chi connectivity index (χ4v) is 5.98. The van der Waals surface area contributed by atoms with Crippen LogP contribution in [0, 0.1) is 17.3 Å². The van der Waals surface area contributed by atoms with E-state index in [1.54, 1.807) is 41.5 Å². The second-order valence-corrected chi connectivity index (χ2v) is 13.0. The summed E-state index contributed by atoms with van der Waals surface area (Å²) < 4.78 is 50.8. The lowest BCUT2D eigenvalue weighted by Crippen LogP contribution is -2.49. The molecule has 12 heteroatoms. The zero-order valence-electron chi connectivity index (χ0n) is 23.7. The summed E-state index contributed by atoms with van der Waals surface area (Å²) in [6.45, 7) is 10.1. The Bertz CT molecular complexity index is 1220. The van der Waals surface area contributed by atoms with Gasteiger partial charge in [0.2, 0.25) is 11.8 Å². The summed E-state index contributed by atoms with van der Waals surface area (Å²) in [5, 5.41) is 0. The van der Waals surface area contributed by atoms with E-state index in [4.69, 9.17) is 9.47 Å². The number of hydrogen-bond acceptors (Lipinski definition) is 7. The summed E-state index contributed by atoms with van der Waals surface area (Å²) in [4.78, 5) is 59.6. The molecule has 1 aromatic heterocycles. The monoisotopic (exact) mass is 567 g/mol. The van der Waals surface area contributed by atoms with Crippen LogP contribution in [0.2, 0.25) is 0 Å². The van der Waals surface area contributed by atoms with Gasteiger partial charge in [-0.1, -0.05) is 0 Å². The van der Waals surface area contributed by atoms with E-state index < -0.39 is 58.2 Å². The molecule has 0 bridgehead atoms. The topological polar surface area (TPSA) is 106 Å². The molecule has 3 heterocycles. The minimum Gasteiger partial charge on any atom is -0.460 e. The minimum absolute atomic E-state index is 0.00418. The molecule has 0 aromatic carbocycles. The third-order valence-electron chi connectivity index (χ3n) is 7.46. The number of fused-ring (bicyclic) bond motifs is 2. The van der Waals surface area contributed by atoms with Crippen LogP contribution in [0.25, 0.3) is 0 Å². The van der Waals surface area contributed by atoms with Crippen LogP contribution in [0.1, 0.15) is 77.6 Å². The fraction of sp³-hybridized carbons (Fsp3) is 0.679. The van der Waals surface area contributed by atoms with Gasteiger partial charge < -0.3 is 14.4 Å². The third-order valence-corrected chi connectivity index (χ3v) is 7.46. The Hall–Kier alpha value is -3.18.